The molecule has 14 heteroatoms. The fraction of sp³-hybridized carbons (Fsp3) is 0.467. The molecule has 0 unspecified atom stereocenters. The maximum absolute atomic E-state index is 13.2. The first-order chi connectivity index (χ1) is 20.8. The Hall–Kier alpha value is -3.94. The third kappa shape index (κ3) is 6.04. The zero-order valence-electron chi connectivity index (χ0n) is 24.9. The van der Waals surface area contributed by atoms with E-state index < -0.39 is 28.4 Å². The number of alkyl halides is 3. The lowest BCUT2D eigenvalue weighted by atomic mass is 9.91. The molecule has 2 fully saturated rings. The van der Waals surface area contributed by atoms with Gasteiger partial charge in [-0.05, 0) is 38.3 Å². The van der Waals surface area contributed by atoms with Crippen LogP contribution < -0.4 is 14.5 Å². The lowest BCUT2D eigenvalue weighted by molar-refractivity contribution is -0.142. The molecule has 2 aliphatic rings. The molecule has 0 N–H and O–H groups in total. The van der Waals surface area contributed by atoms with E-state index in [-0.39, 0.29) is 24.3 Å². The Morgan fingerprint density at radius 3 is 2.57 bits per heavy atom. The van der Waals surface area contributed by atoms with Gasteiger partial charge in [0.1, 0.15) is 21.4 Å². The highest BCUT2D eigenvalue weighted by molar-refractivity contribution is 7.90. The highest BCUT2D eigenvalue weighted by Gasteiger charge is 2.39. The van der Waals surface area contributed by atoms with Crippen LogP contribution in [0.1, 0.15) is 25.5 Å². The van der Waals surface area contributed by atoms with E-state index in [9.17, 15) is 21.6 Å². The van der Waals surface area contributed by atoms with Gasteiger partial charge in [0.2, 0.25) is 0 Å². The summed E-state index contributed by atoms with van der Waals surface area (Å²) in [6.07, 6.45) is 1.66. The Bertz CT molecular complexity index is 1810. The molecule has 234 valence electrons. The van der Waals surface area contributed by atoms with Gasteiger partial charge in [-0.1, -0.05) is 0 Å². The van der Waals surface area contributed by atoms with E-state index in [0.717, 1.165) is 22.3 Å². The molecule has 0 spiro atoms. The first kappa shape index (κ1) is 30.1. The van der Waals surface area contributed by atoms with E-state index >= 15 is 0 Å². The Balaban J connectivity index is 1.42. The molecule has 44 heavy (non-hydrogen) atoms. The summed E-state index contributed by atoms with van der Waals surface area (Å²) in [6, 6.07) is 7.39. The molecular formula is C30H34F3N7O3S. The summed E-state index contributed by atoms with van der Waals surface area (Å²) >= 11 is 0. The van der Waals surface area contributed by atoms with Crippen molar-refractivity contribution in [3.8, 4) is 22.8 Å². The Morgan fingerprint density at radius 1 is 1.09 bits per heavy atom. The quantitative estimate of drug-likeness (QED) is 0.271. The average Bonchev–Trinajstić information content (AvgIpc) is 3.60. The predicted molar refractivity (Wildman–Crippen MR) is 162 cm³/mol. The second-order valence-corrected chi connectivity index (χ2v) is 14.1. The number of anilines is 2. The number of aryl methyl sites for hydroxylation is 1. The summed E-state index contributed by atoms with van der Waals surface area (Å²) in [4.78, 5) is 17.9. The molecule has 4 aromatic heterocycles. The van der Waals surface area contributed by atoms with Crippen molar-refractivity contribution in [2.45, 2.75) is 38.9 Å². The first-order valence-electron chi connectivity index (χ1n) is 14.4. The summed E-state index contributed by atoms with van der Waals surface area (Å²) < 4.78 is 70.7. The molecule has 0 aromatic carbocycles. The summed E-state index contributed by atoms with van der Waals surface area (Å²) in [6.45, 7) is 5.12. The average molecular weight is 630 g/mol. The van der Waals surface area contributed by atoms with Crippen molar-refractivity contribution >= 4 is 32.2 Å². The van der Waals surface area contributed by atoms with Crippen LogP contribution in [-0.4, -0.2) is 84.1 Å². The van der Waals surface area contributed by atoms with E-state index in [1.54, 1.807) is 36.4 Å². The van der Waals surface area contributed by atoms with Crippen LogP contribution >= 0.6 is 0 Å². The van der Waals surface area contributed by atoms with Gasteiger partial charge in [0.25, 0.3) is 0 Å². The molecule has 6 rings (SSSR count). The van der Waals surface area contributed by atoms with Gasteiger partial charge in [0.15, 0.2) is 5.82 Å². The van der Waals surface area contributed by atoms with Crippen LogP contribution in [0.5, 0.6) is 5.75 Å². The number of sulfone groups is 1. The van der Waals surface area contributed by atoms with E-state index in [4.69, 9.17) is 14.7 Å². The first-order valence-corrected chi connectivity index (χ1v) is 16.5. The highest BCUT2D eigenvalue weighted by atomic mass is 32.2. The number of methoxy groups -OCH3 is 1. The van der Waals surface area contributed by atoms with E-state index in [1.165, 1.54) is 6.26 Å². The van der Waals surface area contributed by atoms with E-state index in [1.807, 2.05) is 36.9 Å². The van der Waals surface area contributed by atoms with Gasteiger partial charge in [-0.25, -0.2) is 18.1 Å². The fourth-order valence-corrected chi connectivity index (χ4v) is 7.48. The number of hydrogen-bond donors (Lipinski definition) is 0. The molecule has 0 radical (unpaired) electrons. The van der Waals surface area contributed by atoms with Gasteiger partial charge < -0.3 is 14.5 Å². The molecule has 0 amide bonds. The van der Waals surface area contributed by atoms with Gasteiger partial charge in [0.05, 0.1) is 35.8 Å². The second-order valence-electron chi connectivity index (χ2n) is 11.9. The largest absolute Gasteiger partial charge is 0.496 e. The maximum atomic E-state index is 13.2. The third-order valence-corrected chi connectivity index (χ3v) is 9.65. The third-order valence-electron chi connectivity index (χ3n) is 8.62. The van der Waals surface area contributed by atoms with Crippen molar-refractivity contribution in [3.05, 3.63) is 48.5 Å². The molecule has 0 bridgehead atoms. The summed E-state index contributed by atoms with van der Waals surface area (Å²) in [5.74, 6) is 1.24. The molecular weight excluding hydrogens is 595 g/mol. The lowest BCUT2D eigenvalue weighted by Gasteiger charge is -2.48. The standard InChI is InChI=1S/C30H34F3N7O3S/c1-18-23-14-35-40(26(23)11-25(36-18)24-13-34-7-5-27(24)43-3)29-10-22(39-16-21(19(39)2)17-44(4,41)42)9-28(37-29)38-8-6-20(15-38)12-30(31,32)33/h5,7,9-11,13-14,19-21H,6,8,12,15-17H2,1-4H3/t19-,20-,21-/m1/s1. The van der Waals surface area contributed by atoms with Crippen LogP contribution in [0.2, 0.25) is 0 Å². The van der Waals surface area contributed by atoms with Gasteiger partial charge >= 0.3 is 6.18 Å². The Kier molecular flexibility index (Phi) is 7.67. The molecule has 3 atom stereocenters. The van der Waals surface area contributed by atoms with Crippen LogP contribution in [0.3, 0.4) is 0 Å². The number of halogens is 3. The van der Waals surface area contributed by atoms with Crippen LogP contribution in [-0.2, 0) is 9.84 Å². The smallest absolute Gasteiger partial charge is 0.389 e. The van der Waals surface area contributed by atoms with Crippen LogP contribution in [0.25, 0.3) is 28.0 Å². The van der Waals surface area contributed by atoms with Crippen molar-refractivity contribution in [2.24, 2.45) is 11.8 Å². The predicted octanol–water partition coefficient (Wildman–Crippen LogP) is 4.84. The topological polar surface area (TPSA) is 106 Å². The normalized spacial score (nSPS) is 20.8. The molecule has 10 nitrogen and oxygen atoms in total. The van der Waals surface area contributed by atoms with E-state index in [2.05, 4.69) is 15.0 Å². The van der Waals surface area contributed by atoms with Crippen molar-refractivity contribution in [2.75, 3.05) is 48.6 Å². The minimum absolute atomic E-state index is 0.0238. The summed E-state index contributed by atoms with van der Waals surface area (Å²) in [7, 11) is -1.56. The zero-order chi connectivity index (χ0) is 31.4. The minimum atomic E-state index is -4.22. The highest BCUT2D eigenvalue weighted by Crippen LogP contribution is 2.38. The second kappa shape index (κ2) is 11.2. The van der Waals surface area contributed by atoms with Crippen LogP contribution in [0.4, 0.5) is 24.7 Å². The Morgan fingerprint density at radius 2 is 1.86 bits per heavy atom. The molecule has 0 aliphatic carbocycles. The molecule has 6 heterocycles. The SMILES string of the molecule is COc1ccncc1-c1cc2c(cnn2-c2cc(N3C[C@H](CS(C)(=O)=O)[C@H]3C)cc(N3CC[C@H](CC(F)(F)F)C3)n2)c(C)n1. The number of hydrogen-bond acceptors (Lipinski definition) is 9. The van der Waals surface area contributed by atoms with Crippen molar-refractivity contribution < 1.29 is 26.3 Å². The van der Waals surface area contributed by atoms with Gasteiger partial charge in [-0.3, -0.25) is 9.97 Å². The van der Waals surface area contributed by atoms with E-state index in [0.29, 0.717) is 48.2 Å². The number of nitrogens with zero attached hydrogens (tertiary/aromatic N) is 7. The zero-order valence-corrected chi connectivity index (χ0v) is 25.7. The summed E-state index contributed by atoms with van der Waals surface area (Å²) in [5, 5.41) is 5.49. The van der Waals surface area contributed by atoms with Gasteiger partial charge in [-0.15, -0.1) is 0 Å². The minimum Gasteiger partial charge on any atom is -0.496 e. The van der Waals surface area contributed by atoms with Gasteiger partial charge in [-0.2, -0.15) is 18.3 Å². The van der Waals surface area contributed by atoms with Crippen molar-refractivity contribution in [3.63, 3.8) is 0 Å². The number of aromatic nitrogens is 5. The summed E-state index contributed by atoms with van der Waals surface area (Å²) in [5.41, 5.74) is 3.67. The molecule has 2 saturated heterocycles. The number of ether oxygens (including phenoxy) is 1. The molecule has 2 aliphatic heterocycles. The van der Waals surface area contributed by atoms with Gasteiger partial charge in [0, 0.05) is 85.6 Å². The fourth-order valence-electron chi connectivity index (χ4n) is 6.32. The number of pyridine rings is 3. The number of rotatable bonds is 8. The van der Waals surface area contributed by atoms with Crippen LogP contribution in [0, 0.1) is 18.8 Å². The lowest BCUT2D eigenvalue weighted by Crippen LogP contribution is -2.57. The molecule has 0 saturated carbocycles. The van der Waals surface area contributed by atoms with Crippen LogP contribution in [0.15, 0.2) is 42.9 Å². The van der Waals surface area contributed by atoms with Crippen molar-refractivity contribution in [1.29, 1.82) is 0 Å². The Labute approximate surface area is 253 Å². The monoisotopic (exact) mass is 629 g/mol. The maximum Gasteiger partial charge on any atom is 0.389 e. The molecule has 4 aromatic rings. The number of fused-ring (bicyclic) bond motifs is 1. The van der Waals surface area contributed by atoms with Crippen molar-refractivity contribution in [1.82, 2.24) is 24.7 Å².